The van der Waals surface area contributed by atoms with Crippen LogP contribution in [-0.2, 0) is 23.5 Å². The molecule has 0 unspecified atom stereocenters. The lowest BCUT2D eigenvalue weighted by molar-refractivity contribution is 0.566. The van der Waals surface area contributed by atoms with Crippen LogP contribution in [0.3, 0.4) is 0 Å². The van der Waals surface area contributed by atoms with Gasteiger partial charge >= 0.3 is 0 Å². The molecular weight excluding hydrogens is 276 g/mol. The summed E-state index contributed by atoms with van der Waals surface area (Å²) in [7, 11) is -2.02. The average Bonchev–Trinajstić information content (AvgIpc) is 2.84. The molecule has 7 heteroatoms. The van der Waals surface area contributed by atoms with Gasteiger partial charge in [0.05, 0.1) is 11.9 Å². The maximum atomic E-state index is 12.7. The quantitative estimate of drug-likeness (QED) is 0.836. The van der Waals surface area contributed by atoms with Crippen molar-refractivity contribution in [1.29, 1.82) is 0 Å². The zero-order valence-electron chi connectivity index (χ0n) is 11.4. The van der Waals surface area contributed by atoms with Gasteiger partial charge in [0.2, 0.25) is 0 Å². The number of nitrogens with zero attached hydrogens (tertiary/aromatic N) is 4. The molecule has 2 aromatic rings. The highest BCUT2D eigenvalue weighted by Gasteiger charge is 2.31. The number of aryl methyl sites for hydroxylation is 3. The van der Waals surface area contributed by atoms with E-state index in [4.69, 9.17) is 0 Å². The highest BCUT2D eigenvalue weighted by Crippen LogP contribution is 2.32. The lowest BCUT2D eigenvalue weighted by Gasteiger charge is -2.30. The van der Waals surface area contributed by atoms with Crippen LogP contribution < -0.4 is 4.31 Å². The fraction of sp³-hybridized carbons (Fsp3) is 0.385. The summed E-state index contributed by atoms with van der Waals surface area (Å²) < 4.78 is 28.2. The maximum absolute atomic E-state index is 12.7. The largest absolute Gasteiger partial charge is 0.283 e. The van der Waals surface area contributed by atoms with E-state index in [0.717, 1.165) is 29.7 Å². The van der Waals surface area contributed by atoms with Crippen LogP contribution in [0.15, 0.2) is 29.4 Å². The Morgan fingerprint density at radius 2 is 2.10 bits per heavy atom. The van der Waals surface area contributed by atoms with Crippen LogP contribution in [0.1, 0.15) is 17.5 Å². The Hall–Kier alpha value is -1.89. The average molecular weight is 292 g/mol. The minimum atomic E-state index is -3.60. The predicted molar refractivity (Wildman–Crippen MR) is 75.0 cm³/mol. The van der Waals surface area contributed by atoms with Crippen molar-refractivity contribution in [1.82, 2.24) is 15.0 Å². The normalized spacial score (nSPS) is 15.2. The van der Waals surface area contributed by atoms with Crippen LogP contribution >= 0.6 is 0 Å². The molecule has 1 aliphatic rings. The van der Waals surface area contributed by atoms with Crippen LogP contribution in [0.2, 0.25) is 0 Å². The van der Waals surface area contributed by atoms with Crippen LogP contribution in [-0.4, -0.2) is 30.0 Å². The molecule has 0 bridgehead atoms. The van der Waals surface area contributed by atoms with Gasteiger partial charge in [0.25, 0.3) is 10.0 Å². The molecule has 3 rings (SSSR count). The van der Waals surface area contributed by atoms with E-state index in [9.17, 15) is 8.42 Å². The molecule has 0 saturated heterocycles. The van der Waals surface area contributed by atoms with Crippen molar-refractivity contribution in [2.24, 2.45) is 7.05 Å². The lowest BCUT2D eigenvalue weighted by Crippen LogP contribution is -2.36. The van der Waals surface area contributed by atoms with E-state index in [1.54, 1.807) is 7.05 Å². The van der Waals surface area contributed by atoms with E-state index in [2.05, 4.69) is 16.4 Å². The summed E-state index contributed by atoms with van der Waals surface area (Å²) in [6.07, 6.45) is 3.02. The number of hydrogen-bond donors (Lipinski definition) is 0. The number of hydrogen-bond acceptors (Lipinski definition) is 4. The first kappa shape index (κ1) is 13.1. The summed E-state index contributed by atoms with van der Waals surface area (Å²) >= 11 is 0. The minimum Gasteiger partial charge on any atom is -0.265 e. The number of rotatable bonds is 2. The van der Waals surface area contributed by atoms with Crippen molar-refractivity contribution in [3.63, 3.8) is 0 Å². The Morgan fingerprint density at radius 3 is 2.80 bits per heavy atom. The van der Waals surface area contributed by atoms with Crippen molar-refractivity contribution in [3.05, 3.63) is 35.5 Å². The summed E-state index contributed by atoms with van der Waals surface area (Å²) in [6, 6.07) is 5.87. The topological polar surface area (TPSA) is 68.1 Å². The highest BCUT2D eigenvalue weighted by molar-refractivity contribution is 7.92. The number of sulfonamides is 1. The van der Waals surface area contributed by atoms with Gasteiger partial charge in [0, 0.05) is 13.6 Å². The molecule has 6 nitrogen and oxygen atoms in total. The maximum Gasteiger partial charge on any atom is 0.283 e. The van der Waals surface area contributed by atoms with Crippen molar-refractivity contribution in [3.8, 4) is 0 Å². The van der Waals surface area contributed by atoms with Gasteiger partial charge < -0.3 is 0 Å². The second-order valence-electron chi connectivity index (χ2n) is 5.01. The predicted octanol–water partition coefficient (Wildman–Crippen LogP) is 1.27. The second kappa shape index (κ2) is 4.59. The van der Waals surface area contributed by atoms with Crippen LogP contribution in [0.4, 0.5) is 5.69 Å². The summed E-state index contributed by atoms with van der Waals surface area (Å²) in [5, 5.41) is 7.49. The highest BCUT2D eigenvalue weighted by atomic mass is 32.2. The van der Waals surface area contributed by atoms with E-state index < -0.39 is 10.0 Å². The standard InChI is InChI=1S/C13H16N4O2S/c1-10-5-6-12-11(8-10)4-3-7-17(12)20(18,19)13-9-14-15-16(13)2/h5-6,8-9H,3-4,7H2,1-2H3. The molecule has 0 fully saturated rings. The van der Waals surface area contributed by atoms with Gasteiger partial charge in [0.1, 0.15) is 0 Å². The van der Waals surface area contributed by atoms with E-state index in [1.165, 1.54) is 15.2 Å². The first-order chi connectivity index (χ1) is 9.50. The van der Waals surface area contributed by atoms with E-state index in [-0.39, 0.29) is 5.03 Å². The van der Waals surface area contributed by atoms with E-state index >= 15 is 0 Å². The summed E-state index contributed by atoms with van der Waals surface area (Å²) in [6.45, 7) is 2.50. The molecule has 106 valence electrons. The molecule has 2 heterocycles. The summed E-state index contributed by atoms with van der Waals surface area (Å²) in [5.41, 5.74) is 2.99. The Balaban J connectivity index is 2.11. The van der Waals surface area contributed by atoms with E-state index in [1.807, 2.05) is 19.1 Å². The SMILES string of the molecule is Cc1ccc2c(c1)CCCN2S(=O)(=O)c1cnnn1C. The van der Waals surface area contributed by atoms with Gasteiger partial charge in [-0.25, -0.2) is 4.68 Å². The molecule has 1 aromatic carbocycles. The monoisotopic (exact) mass is 292 g/mol. The third kappa shape index (κ3) is 1.98. The minimum absolute atomic E-state index is 0.117. The molecule has 1 aromatic heterocycles. The van der Waals surface area contributed by atoms with Crippen molar-refractivity contribution < 1.29 is 8.42 Å². The molecule has 0 amide bonds. The van der Waals surface area contributed by atoms with Crippen molar-refractivity contribution in [2.45, 2.75) is 24.8 Å². The molecule has 0 spiro atoms. The fourth-order valence-corrected chi connectivity index (χ4v) is 4.15. The van der Waals surface area contributed by atoms with Crippen molar-refractivity contribution in [2.75, 3.05) is 10.8 Å². The van der Waals surface area contributed by atoms with Gasteiger partial charge in [-0.05, 0) is 31.4 Å². The van der Waals surface area contributed by atoms with Crippen LogP contribution in [0.5, 0.6) is 0 Å². The Bertz CT molecular complexity index is 751. The molecule has 1 aliphatic heterocycles. The third-order valence-corrected chi connectivity index (χ3v) is 5.40. The molecule has 0 radical (unpaired) electrons. The fourth-order valence-electron chi connectivity index (χ4n) is 2.57. The van der Waals surface area contributed by atoms with Gasteiger partial charge in [-0.1, -0.05) is 22.9 Å². The van der Waals surface area contributed by atoms with Crippen LogP contribution in [0, 0.1) is 6.92 Å². The lowest BCUT2D eigenvalue weighted by atomic mass is 10.0. The second-order valence-corrected chi connectivity index (χ2v) is 6.82. The zero-order chi connectivity index (χ0) is 14.3. The Morgan fingerprint density at radius 1 is 1.30 bits per heavy atom. The molecule has 0 N–H and O–H groups in total. The van der Waals surface area contributed by atoms with Gasteiger partial charge in [-0.15, -0.1) is 5.10 Å². The summed E-state index contributed by atoms with van der Waals surface area (Å²) in [4.78, 5) is 0. The third-order valence-electron chi connectivity index (χ3n) is 3.54. The molecule has 0 atom stereocenters. The molecule has 0 saturated carbocycles. The first-order valence-electron chi connectivity index (χ1n) is 6.47. The van der Waals surface area contributed by atoms with Gasteiger partial charge in [-0.3, -0.25) is 4.31 Å². The Labute approximate surface area is 118 Å². The Kier molecular flexibility index (Phi) is 3.01. The van der Waals surface area contributed by atoms with Crippen molar-refractivity contribution >= 4 is 15.7 Å². The zero-order valence-corrected chi connectivity index (χ0v) is 12.3. The first-order valence-corrected chi connectivity index (χ1v) is 7.91. The molecule has 20 heavy (non-hydrogen) atoms. The molecular formula is C13H16N4O2S. The van der Waals surface area contributed by atoms with E-state index in [0.29, 0.717) is 6.54 Å². The number of fused-ring (bicyclic) bond motifs is 1. The van der Waals surface area contributed by atoms with Gasteiger partial charge in [-0.2, -0.15) is 8.42 Å². The smallest absolute Gasteiger partial charge is 0.265 e. The number of anilines is 1. The summed E-state index contributed by atoms with van der Waals surface area (Å²) in [5.74, 6) is 0. The number of benzene rings is 1. The van der Waals surface area contributed by atoms with Gasteiger partial charge in [0.15, 0.2) is 5.03 Å². The van der Waals surface area contributed by atoms with Crippen LogP contribution in [0.25, 0.3) is 0 Å². The molecule has 0 aliphatic carbocycles. The number of aromatic nitrogens is 3.